The van der Waals surface area contributed by atoms with Crippen LogP contribution in [-0.2, 0) is 0 Å². The summed E-state index contributed by atoms with van der Waals surface area (Å²) in [4.78, 5) is 7.52. The van der Waals surface area contributed by atoms with E-state index < -0.39 is 0 Å². The SMILES string of the molecule is CC1CCC(NC(C)c2ncc[nH]2)c2ccccc21. The minimum atomic E-state index is 0.251. The smallest absolute Gasteiger partial charge is 0.122 e. The third-order valence-electron chi connectivity index (χ3n) is 4.17. The summed E-state index contributed by atoms with van der Waals surface area (Å²) in [6, 6.07) is 9.51. The predicted octanol–water partition coefficient (Wildman–Crippen LogP) is 3.70. The van der Waals surface area contributed by atoms with Crippen LogP contribution in [0.25, 0.3) is 0 Å². The summed E-state index contributed by atoms with van der Waals surface area (Å²) in [7, 11) is 0. The number of benzene rings is 1. The lowest BCUT2D eigenvalue weighted by Gasteiger charge is -2.32. The maximum absolute atomic E-state index is 4.33. The second kappa shape index (κ2) is 5.17. The molecule has 3 unspecified atom stereocenters. The summed E-state index contributed by atoms with van der Waals surface area (Å²) in [5.74, 6) is 1.68. The molecule has 3 atom stereocenters. The molecule has 0 aliphatic heterocycles. The van der Waals surface area contributed by atoms with Crippen molar-refractivity contribution >= 4 is 0 Å². The molecule has 3 rings (SSSR count). The number of imidazole rings is 1. The van der Waals surface area contributed by atoms with E-state index in [1.54, 1.807) is 0 Å². The second-order valence-electron chi connectivity index (χ2n) is 5.52. The Morgan fingerprint density at radius 2 is 2.05 bits per heavy atom. The summed E-state index contributed by atoms with van der Waals surface area (Å²) in [6.45, 7) is 4.49. The highest BCUT2D eigenvalue weighted by Crippen LogP contribution is 2.37. The van der Waals surface area contributed by atoms with Gasteiger partial charge in [-0.2, -0.15) is 0 Å². The van der Waals surface area contributed by atoms with E-state index in [0.29, 0.717) is 12.0 Å². The van der Waals surface area contributed by atoms with Gasteiger partial charge in [0, 0.05) is 18.4 Å². The third kappa shape index (κ3) is 2.43. The molecule has 1 aliphatic carbocycles. The maximum Gasteiger partial charge on any atom is 0.122 e. The molecule has 19 heavy (non-hydrogen) atoms. The van der Waals surface area contributed by atoms with Crippen LogP contribution in [0, 0.1) is 0 Å². The van der Waals surface area contributed by atoms with Gasteiger partial charge in [-0.15, -0.1) is 0 Å². The van der Waals surface area contributed by atoms with Gasteiger partial charge < -0.3 is 10.3 Å². The van der Waals surface area contributed by atoms with Crippen molar-refractivity contribution in [2.45, 2.75) is 44.7 Å². The summed E-state index contributed by atoms with van der Waals surface area (Å²) >= 11 is 0. The zero-order valence-corrected chi connectivity index (χ0v) is 11.6. The minimum Gasteiger partial charge on any atom is -0.347 e. The van der Waals surface area contributed by atoms with Gasteiger partial charge in [0.15, 0.2) is 0 Å². The topological polar surface area (TPSA) is 40.7 Å². The highest BCUT2D eigenvalue weighted by Gasteiger charge is 2.25. The number of rotatable bonds is 3. The molecule has 100 valence electrons. The Bertz CT molecular complexity index is 533. The molecule has 1 aromatic carbocycles. The van der Waals surface area contributed by atoms with E-state index in [4.69, 9.17) is 0 Å². The molecular weight excluding hydrogens is 234 g/mol. The summed E-state index contributed by atoms with van der Waals surface area (Å²) in [6.07, 6.45) is 6.14. The predicted molar refractivity (Wildman–Crippen MR) is 77.0 cm³/mol. The Morgan fingerprint density at radius 3 is 2.79 bits per heavy atom. The summed E-state index contributed by atoms with van der Waals surface area (Å²) < 4.78 is 0. The summed E-state index contributed by atoms with van der Waals surface area (Å²) in [5, 5.41) is 3.70. The average Bonchev–Trinajstić information content (AvgIpc) is 2.96. The zero-order chi connectivity index (χ0) is 13.2. The standard InChI is InChI=1S/C16H21N3/c1-11-7-8-15(14-6-4-3-5-13(11)14)19-12(2)16-17-9-10-18-16/h3-6,9-12,15,19H,7-8H2,1-2H3,(H,17,18). The lowest BCUT2D eigenvalue weighted by atomic mass is 9.81. The highest BCUT2D eigenvalue weighted by atomic mass is 15.0. The maximum atomic E-state index is 4.33. The fourth-order valence-corrected chi connectivity index (χ4v) is 3.07. The number of hydrogen-bond acceptors (Lipinski definition) is 2. The van der Waals surface area contributed by atoms with Crippen LogP contribution in [0.1, 0.15) is 61.6 Å². The number of nitrogens with zero attached hydrogens (tertiary/aromatic N) is 1. The molecule has 3 nitrogen and oxygen atoms in total. The molecule has 0 fully saturated rings. The van der Waals surface area contributed by atoms with Crippen molar-refractivity contribution in [2.24, 2.45) is 0 Å². The minimum absolute atomic E-state index is 0.251. The van der Waals surface area contributed by atoms with Gasteiger partial charge in [-0.05, 0) is 36.8 Å². The number of hydrogen-bond donors (Lipinski definition) is 2. The third-order valence-corrected chi connectivity index (χ3v) is 4.17. The molecule has 2 N–H and O–H groups in total. The Labute approximate surface area is 114 Å². The number of nitrogens with one attached hydrogen (secondary N) is 2. The number of fused-ring (bicyclic) bond motifs is 1. The number of aromatic nitrogens is 2. The van der Waals surface area contributed by atoms with Crippen molar-refractivity contribution in [1.29, 1.82) is 0 Å². The van der Waals surface area contributed by atoms with Crippen molar-refractivity contribution in [3.8, 4) is 0 Å². The highest BCUT2D eigenvalue weighted by molar-refractivity contribution is 5.35. The first-order chi connectivity index (χ1) is 9.25. The Kier molecular flexibility index (Phi) is 3.38. The van der Waals surface area contributed by atoms with E-state index in [2.05, 4.69) is 53.4 Å². The van der Waals surface area contributed by atoms with Crippen LogP contribution in [-0.4, -0.2) is 9.97 Å². The van der Waals surface area contributed by atoms with E-state index in [0.717, 1.165) is 5.82 Å². The molecule has 2 aromatic rings. The van der Waals surface area contributed by atoms with Gasteiger partial charge in [-0.1, -0.05) is 31.2 Å². The normalized spacial score (nSPS) is 23.9. The molecule has 0 spiro atoms. The molecule has 1 aliphatic rings. The first-order valence-corrected chi connectivity index (χ1v) is 7.10. The molecule has 0 amide bonds. The molecule has 1 aromatic heterocycles. The number of H-pyrrole nitrogens is 1. The van der Waals surface area contributed by atoms with Crippen molar-refractivity contribution in [3.63, 3.8) is 0 Å². The van der Waals surface area contributed by atoms with Crippen LogP contribution in [0.3, 0.4) is 0 Å². The van der Waals surface area contributed by atoms with Gasteiger partial charge in [-0.3, -0.25) is 0 Å². The second-order valence-corrected chi connectivity index (χ2v) is 5.52. The van der Waals surface area contributed by atoms with Crippen LogP contribution in [0.4, 0.5) is 0 Å². The van der Waals surface area contributed by atoms with E-state index in [1.165, 1.54) is 24.0 Å². The average molecular weight is 255 g/mol. The summed E-state index contributed by atoms with van der Waals surface area (Å²) in [5.41, 5.74) is 2.96. The van der Waals surface area contributed by atoms with Gasteiger partial charge in [0.25, 0.3) is 0 Å². The van der Waals surface area contributed by atoms with Crippen LogP contribution in [0.5, 0.6) is 0 Å². The molecule has 0 bridgehead atoms. The van der Waals surface area contributed by atoms with E-state index in [1.807, 2.05) is 12.4 Å². The lowest BCUT2D eigenvalue weighted by molar-refractivity contribution is 0.389. The van der Waals surface area contributed by atoms with E-state index >= 15 is 0 Å². The van der Waals surface area contributed by atoms with Crippen LogP contribution in [0.2, 0.25) is 0 Å². The number of aromatic amines is 1. The van der Waals surface area contributed by atoms with Crippen molar-refractivity contribution in [2.75, 3.05) is 0 Å². The monoisotopic (exact) mass is 255 g/mol. The van der Waals surface area contributed by atoms with Crippen LogP contribution in [0.15, 0.2) is 36.7 Å². The molecule has 1 heterocycles. The molecule has 0 saturated heterocycles. The fourth-order valence-electron chi connectivity index (χ4n) is 3.07. The van der Waals surface area contributed by atoms with Crippen molar-refractivity contribution in [3.05, 3.63) is 53.6 Å². The quantitative estimate of drug-likeness (QED) is 0.878. The fraction of sp³-hybridized carbons (Fsp3) is 0.438. The Morgan fingerprint density at radius 1 is 1.26 bits per heavy atom. The Hall–Kier alpha value is -1.61. The van der Waals surface area contributed by atoms with E-state index in [9.17, 15) is 0 Å². The van der Waals surface area contributed by atoms with Crippen molar-refractivity contribution in [1.82, 2.24) is 15.3 Å². The van der Waals surface area contributed by atoms with Crippen LogP contribution < -0.4 is 5.32 Å². The first-order valence-electron chi connectivity index (χ1n) is 7.10. The molecule has 0 saturated carbocycles. The van der Waals surface area contributed by atoms with E-state index in [-0.39, 0.29) is 6.04 Å². The van der Waals surface area contributed by atoms with Crippen LogP contribution >= 0.6 is 0 Å². The molecular formula is C16H21N3. The van der Waals surface area contributed by atoms with Gasteiger partial charge in [0.2, 0.25) is 0 Å². The molecule has 0 radical (unpaired) electrons. The van der Waals surface area contributed by atoms with Gasteiger partial charge in [0.05, 0.1) is 6.04 Å². The zero-order valence-electron chi connectivity index (χ0n) is 11.6. The van der Waals surface area contributed by atoms with Gasteiger partial charge in [0.1, 0.15) is 5.82 Å². The van der Waals surface area contributed by atoms with Gasteiger partial charge >= 0.3 is 0 Å². The Balaban J connectivity index is 1.81. The first kappa shape index (κ1) is 12.4. The largest absolute Gasteiger partial charge is 0.347 e. The molecule has 3 heteroatoms. The van der Waals surface area contributed by atoms with Gasteiger partial charge in [-0.25, -0.2) is 4.98 Å². The van der Waals surface area contributed by atoms with Crippen molar-refractivity contribution < 1.29 is 0 Å². The lowest BCUT2D eigenvalue weighted by Crippen LogP contribution is -2.29.